The van der Waals surface area contributed by atoms with Gasteiger partial charge < -0.3 is 19.5 Å². The van der Waals surface area contributed by atoms with Crippen LogP contribution in [0, 0.1) is 0 Å². The molecule has 0 heterocycles. The minimum atomic E-state index is -4.08. The van der Waals surface area contributed by atoms with Crippen molar-refractivity contribution < 1.29 is 32.2 Å². The molecule has 0 aromatic heterocycles. The van der Waals surface area contributed by atoms with E-state index in [0.717, 1.165) is 0 Å². The number of alkyl carbamates (subject to hydrolysis) is 1. The van der Waals surface area contributed by atoms with E-state index in [0.29, 0.717) is 5.56 Å². The standard InChI is InChI=1S/C19H28ClNO7S/c1-18(2,3)27-16(22)13(21-17(23)28-19(4,5)6)10-12-8-9-14(26-7)15(11-12)29(20,24)25/h8-9,11,13H,10H2,1-7H3,(H,21,23)/t13-/m0/s1. The van der Waals surface area contributed by atoms with E-state index in [-0.39, 0.29) is 17.1 Å². The molecule has 1 atom stereocenters. The molecule has 1 rings (SSSR count). The summed E-state index contributed by atoms with van der Waals surface area (Å²) < 4.78 is 39.2. The maximum Gasteiger partial charge on any atom is 0.408 e. The summed E-state index contributed by atoms with van der Waals surface area (Å²) in [4.78, 5) is 24.5. The summed E-state index contributed by atoms with van der Waals surface area (Å²) in [6, 6.07) is 3.17. The lowest BCUT2D eigenvalue weighted by Gasteiger charge is -2.26. The summed E-state index contributed by atoms with van der Waals surface area (Å²) in [5.41, 5.74) is -1.12. The van der Waals surface area contributed by atoms with E-state index >= 15 is 0 Å². The smallest absolute Gasteiger partial charge is 0.408 e. The van der Waals surface area contributed by atoms with Crippen LogP contribution in [-0.4, -0.2) is 44.8 Å². The van der Waals surface area contributed by atoms with Gasteiger partial charge in [0.2, 0.25) is 0 Å². The number of esters is 1. The average molecular weight is 450 g/mol. The summed E-state index contributed by atoms with van der Waals surface area (Å²) in [5, 5.41) is 2.48. The molecule has 0 aliphatic rings. The zero-order valence-electron chi connectivity index (χ0n) is 17.7. The molecule has 8 nitrogen and oxygen atoms in total. The first-order valence-electron chi connectivity index (χ1n) is 8.86. The summed E-state index contributed by atoms with van der Waals surface area (Å²) in [5.74, 6) is -0.618. The molecule has 0 unspecified atom stereocenters. The Hall–Kier alpha value is -2.00. The van der Waals surface area contributed by atoms with Gasteiger partial charge in [-0.15, -0.1) is 0 Å². The fraction of sp³-hybridized carbons (Fsp3) is 0.579. The first-order chi connectivity index (χ1) is 13.0. The second kappa shape index (κ2) is 9.21. The van der Waals surface area contributed by atoms with Gasteiger partial charge in [-0.1, -0.05) is 6.07 Å². The molecule has 1 aromatic carbocycles. The molecule has 0 bridgehead atoms. The number of nitrogens with one attached hydrogen (secondary N) is 1. The van der Waals surface area contributed by atoms with Gasteiger partial charge >= 0.3 is 12.1 Å². The van der Waals surface area contributed by atoms with Crippen molar-refractivity contribution in [2.75, 3.05) is 7.11 Å². The zero-order chi connectivity index (χ0) is 22.6. The number of ether oxygens (including phenoxy) is 3. The molecule has 1 N–H and O–H groups in total. The highest BCUT2D eigenvalue weighted by Gasteiger charge is 2.29. The highest BCUT2D eigenvalue weighted by atomic mass is 35.7. The highest BCUT2D eigenvalue weighted by molar-refractivity contribution is 8.13. The number of methoxy groups -OCH3 is 1. The number of carbonyl (C=O) groups excluding carboxylic acids is 2. The number of rotatable bonds is 6. The molecular formula is C19H28ClNO7S. The number of hydrogen-bond acceptors (Lipinski definition) is 7. The fourth-order valence-corrected chi connectivity index (χ4v) is 3.34. The Bertz CT molecular complexity index is 854. The van der Waals surface area contributed by atoms with Crippen LogP contribution in [0.25, 0.3) is 0 Å². The third kappa shape index (κ3) is 8.91. The number of hydrogen-bond donors (Lipinski definition) is 1. The highest BCUT2D eigenvalue weighted by Crippen LogP contribution is 2.28. The first-order valence-corrected chi connectivity index (χ1v) is 11.2. The van der Waals surface area contributed by atoms with Crippen LogP contribution in [0.1, 0.15) is 47.1 Å². The molecule has 29 heavy (non-hydrogen) atoms. The Labute approximate surface area is 176 Å². The van der Waals surface area contributed by atoms with Gasteiger partial charge in [0, 0.05) is 17.1 Å². The maximum atomic E-state index is 12.6. The summed E-state index contributed by atoms with van der Waals surface area (Å²) in [7, 11) is 2.70. The summed E-state index contributed by atoms with van der Waals surface area (Å²) in [6.07, 6.45) is -0.843. The van der Waals surface area contributed by atoms with Gasteiger partial charge in [0.05, 0.1) is 7.11 Å². The molecule has 0 spiro atoms. The van der Waals surface area contributed by atoms with Crippen molar-refractivity contribution in [3.05, 3.63) is 23.8 Å². The molecule has 0 aliphatic carbocycles. The summed E-state index contributed by atoms with van der Waals surface area (Å²) in [6.45, 7) is 10.2. The van der Waals surface area contributed by atoms with Crippen molar-refractivity contribution >= 4 is 31.8 Å². The van der Waals surface area contributed by atoms with Gasteiger partial charge in [-0.05, 0) is 59.2 Å². The van der Waals surface area contributed by atoms with Crippen LogP contribution < -0.4 is 10.1 Å². The minimum absolute atomic E-state index is 0.0441. The Morgan fingerprint density at radius 3 is 2.07 bits per heavy atom. The normalized spacial score (nSPS) is 13.4. The van der Waals surface area contributed by atoms with Crippen molar-refractivity contribution in [2.24, 2.45) is 0 Å². The molecule has 10 heteroatoms. The van der Waals surface area contributed by atoms with Crippen molar-refractivity contribution in [1.29, 1.82) is 0 Å². The Balaban J connectivity index is 3.20. The van der Waals surface area contributed by atoms with Crippen molar-refractivity contribution in [1.82, 2.24) is 5.32 Å². The van der Waals surface area contributed by atoms with Crippen LogP contribution in [0.2, 0.25) is 0 Å². The number of amides is 1. The van der Waals surface area contributed by atoms with Crippen LogP contribution >= 0.6 is 10.7 Å². The molecule has 0 radical (unpaired) electrons. The second-order valence-electron chi connectivity index (χ2n) is 8.36. The third-order valence-corrected chi connectivity index (χ3v) is 4.66. The Morgan fingerprint density at radius 2 is 1.62 bits per heavy atom. The topological polar surface area (TPSA) is 108 Å². The van der Waals surface area contributed by atoms with Gasteiger partial charge in [-0.25, -0.2) is 18.0 Å². The van der Waals surface area contributed by atoms with Crippen molar-refractivity contribution in [3.63, 3.8) is 0 Å². The number of benzene rings is 1. The van der Waals surface area contributed by atoms with Crippen LogP contribution in [0.3, 0.4) is 0 Å². The second-order valence-corrected chi connectivity index (χ2v) is 10.9. The lowest BCUT2D eigenvalue weighted by atomic mass is 10.1. The molecule has 0 saturated heterocycles. The van der Waals surface area contributed by atoms with Crippen molar-refractivity contribution in [3.8, 4) is 5.75 Å². The van der Waals surface area contributed by atoms with E-state index in [1.54, 1.807) is 47.6 Å². The predicted octanol–water partition coefficient (Wildman–Crippen LogP) is 3.40. The van der Waals surface area contributed by atoms with E-state index in [4.69, 9.17) is 24.9 Å². The predicted molar refractivity (Wildman–Crippen MR) is 109 cm³/mol. The number of carbonyl (C=O) groups is 2. The lowest BCUT2D eigenvalue weighted by molar-refractivity contribution is -0.157. The average Bonchev–Trinajstić information content (AvgIpc) is 2.49. The van der Waals surface area contributed by atoms with Crippen LogP contribution in [0.4, 0.5) is 4.79 Å². The molecule has 1 aromatic rings. The molecule has 0 fully saturated rings. The van der Waals surface area contributed by atoms with Crippen LogP contribution in [-0.2, 0) is 29.7 Å². The van der Waals surface area contributed by atoms with E-state index in [1.807, 2.05) is 0 Å². The van der Waals surface area contributed by atoms with Crippen molar-refractivity contribution in [2.45, 2.75) is 70.1 Å². The zero-order valence-corrected chi connectivity index (χ0v) is 19.2. The number of halogens is 1. The molecule has 0 saturated carbocycles. The van der Waals surface area contributed by atoms with Gasteiger partial charge in [0.15, 0.2) is 0 Å². The Morgan fingerprint density at radius 1 is 1.07 bits per heavy atom. The van der Waals surface area contributed by atoms with E-state index in [2.05, 4.69) is 5.32 Å². The minimum Gasteiger partial charge on any atom is -0.495 e. The van der Waals surface area contributed by atoms with Gasteiger partial charge in [-0.3, -0.25) is 0 Å². The monoisotopic (exact) mass is 449 g/mol. The molecule has 164 valence electrons. The molecular weight excluding hydrogens is 422 g/mol. The van der Waals surface area contributed by atoms with Crippen LogP contribution in [0.15, 0.2) is 23.1 Å². The van der Waals surface area contributed by atoms with E-state index < -0.39 is 38.4 Å². The van der Waals surface area contributed by atoms with Crippen LogP contribution in [0.5, 0.6) is 5.75 Å². The quantitative estimate of drug-likeness (QED) is 0.523. The van der Waals surface area contributed by atoms with Gasteiger partial charge in [0.1, 0.15) is 27.9 Å². The maximum absolute atomic E-state index is 12.6. The molecule has 1 amide bonds. The van der Waals surface area contributed by atoms with E-state index in [1.165, 1.54) is 19.2 Å². The lowest BCUT2D eigenvalue weighted by Crippen LogP contribution is -2.47. The van der Waals surface area contributed by atoms with Gasteiger partial charge in [-0.2, -0.15) is 0 Å². The summed E-state index contributed by atoms with van der Waals surface area (Å²) >= 11 is 0. The first kappa shape index (κ1) is 25.0. The fourth-order valence-electron chi connectivity index (χ4n) is 2.29. The Kier molecular flexibility index (Phi) is 7.95. The van der Waals surface area contributed by atoms with E-state index in [9.17, 15) is 18.0 Å². The van der Waals surface area contributed by atoms with Gasteiger partial charge in [0.25, 0.3) is 9.05 Å². The SMILES string of the molecule is COc1ccc(C[C@H](NC(=O)OC(C)(C)C)C(=O)OC(C)(C)C)cc1S(=O)(=O)Cl. The third-order valence-electron chi connectivity index (χ3n) is 3.31. The largest absolute Gasteiger partial charge is 0.495 e. The molecule has 0 aliphatic heterocycles.